The van der Waals surface area contributed by atoms with Crippen LogP contribution in [0.15, 0.2) is 53.4 Å². The molecule has 0 radical (unpaired) electrons. The molecule has 0 unspecified atom stereocenters. The molecule has 2 aromatic carbocycles. The van der Waals surface area contributed by atoms with E-state index in [4.69, 9.17) is 0 Å². The summed E-state index contributed by atoms with van der Waals surface area (Å²) in [5.41, 5.74) is 0.990. The molecule has 0 atom stereocenters. The number of nitro benzene ring substituents is 1. The molecular weight excluding hydrogens is 292 g/mol. The van der Waals surface area contributed by atoms with Gasteiger partial charge in [0, 0.05) is 11.8 Å². The standard InChI is InChI=1S/C14H14N2O4S/c1-2-11-7-9-12(10-8-11)15-21(19,20)14-6-4-3-5-13(14)16(17)18/h3-10,15H,2H2,1H3. The van der Waals surface area contributed by atoms with Crippen molar-refractivity contribution in [2.24, 2.45) is 0 Å². The second-order valence-corrected chi connectivity index (χ2v) is 6.03. The van der Waals surface area contributed by atoms with Gasteiger partial charge in [-0.2, -0.15) is 0 Å². The van der Waals surface area contributed by atoms with Crippen molar-refractivity contribution in [2.75, 3.05) is 4.72 Å². The van der Waals surface area contributed by atoms with Gasteiger partial charge in [-0.1, -0.05) is 31.2 Å². The van der Waals surface area contributed by atoms with Crippen LogP contribution in [-0.4, -0.2) is 13.3 Å². The van der Waals surface area contributed by atoms with Crippen LogP contribution in [0.5, 0.6) is 0 Å². The van der Waals surface area contributed by atoms with Gasteiger partial charge in [-0.05, 0) is 30.2 Å². The first kappa shape index (κ1) is 15.0. The van der Waals surface area contributed by atoms with Crippen molar-refractivity contribution >= 4 is 21.4 Å². The minimum absolute atomic E-state index is 0.352. The number of nitrogens with one attached hydrogen (secondary N) is 1. The van der Waals surface area contributed by atoms with Crippen LogP contribution in [0.3, 0.4) is 0 Å². The van der Waals surface area contributed by atoms with Crippen LogP contribution in [0.1, 0.15) is 12.5 Å². The molecule has 6 nitrogen and oxygen atoms in total. The maximum absolute atomic E-state index is 12.3. The van der Waals surface area contributed by atoms with Gasteiger partial charge in [0.15, 0.2) is 4.90 Å². The predicted molar refractivity (Wildman–Crippen MR) is 79.7 cm³/mol. The van der Waals surface area contributed by atoms with Crippen LogP contribution >= 0.6 is 0 Å². The van der Waals surface area contributed by atoms with E-state index in [9.17, 15) is 18.5 Å². The Morgan fingerprint density at radius 2 is 1.71 bits per heavy atom. The molecule has 0 bridgehead atoms. The Balaban J connectivity index is 2.36. The number of hydrogen-bond donors (Lipinski definition) is 1. The lowest BCUT2D eigenvalue weighted by Crippen LogP contribution is -2.14. The summed E-state index contributed by atoms with van der Waals surface area (Å²) in [5.74, 6) is 0. The molecule has 0 aliphatic heterocycles. The van der Waals surface area contributed by atoms with Gasteiger partial charge in [-0.15, -0.1) is 0 Å². The van der Waals surface area contributed by atoms with E-state index in [1.54, 1.807) is 24.3 Å². The van der Waals surface area contributed by atoms with Crippen molar-refractivity contribution in [3.8, 4) is 0 Å². The molecule has 2 rings (SSSR count). The zero-order valence-electron chi connectivity index (χ0n) is 11.3. The normalized spacial score (nSPS) is 11.1. The summed E-state index contributed by atoms with van der Waals surface area (Å²) < 4.78 is 26.9. The first-order valence-electron chi connectivity index (χ1n) is 6.29. The van der Waals surface area contributed by atoms with E-state index >= 15 is 0 Å². The third kappa shape index (κ3) is 3.38. The Morgan fingerprint density at radius 1 is 1.10 bits per heavy atom. The minimum atomic E-state index is -4.00. The average molecular weight is 306 g/mol. The monoisotopic (exact) mass is 306 g/mol. The van der Waals surface area contributed by atoms with Crippen LogP contribution < -0.4 is 4.72 Å². The highest BCUT2D eigenvalue weighted by Crippen LogP contribution is 2.25. The molecule has 1 N–H and O–H groups in total. The van der Waals surface area contributed by atoms with E-state index in [0.717, 1.165) is 18.1 Å². The van der Waals surface area contributed by atoms with Crippen molar-refractivity contribution in [3.05, 3.63) is 64.2 Å². The maximum Gasteiger partial charge on any atom is 0.289 e. The SMILES string of the molecule is CCc1ccc(NS(=O)(=O)c2ccccc2[N+](=O)[O-])cc1. The molecule has 0 aromatic heterocycles. The number of hydrogen-bond acceptors (Lipinski definition) is 4. The average Bonchev–Trinajstić information content (AvgIpc) is 2.47. The van der Waals surface area contributed by atoms with Crippen molar-refractivity contribution in [1.82, 2.24) is 0 Å². The number of nitrogens with zero attached hydrogens (tertiary/aromatic N) is 1. The van der Waals surface area contributed by atoms with Gasteiger partial charge < -0.3 is 0 Å². The topological polar surface area (TPSA) is 89.3 Å². The van der Waals surface area contributed by atoms with Crippen molar-refractivity contribution in [3.63, 3.8) is 0 Å². The molecule has 7 heteroatoms. The molecule has 0 saturated carbocycles. The van der Waals surface area contributed by atoms with Crippen LogP contribution in [0.25, 0.3) is 0 Å². The molecular formula is C14H14N2O4S. The predicted octanol–water partition coefficient (Wildman–Crippen LogP) is 2.96. The summed E-state index contributed by atoms with van der Waals surface area (Å²) in [4.78, 5) is 9.85. The quantitative estimate of drug-likeness (QED) is 0.679. The van der Waals surface area contributed by atoms with Gasteiger partial charge >= 0.3 is 0 Å². The van der Waals surface area contributed by atoms with Gasteiger partial charge in [0.05, 0.1) is 4.92 Å². The van der Waals surface area contributed by atoms with Gasteiger partial charge in [-0.3, -0.25) is 14.8 Å². The maximum atomic E-state index is 12.3. The number of sulfonamides is 1. The number of nitro groups is 1. The Kier molecular flexibility index (Phi) is 4.23. The van der Waals surface area contributed by atoms with Crippen LogP contribution in [0.2, 0.25) is 0 Å². The van der Waals surface area contributed by atoms with E-state index in [0.29, 0.717) is 5.69 Å². The Morgan fingerprint density at radius 3 is 2.29 bits per heavy atom. The van der Waals surface area contributed by atoms with Gasteiger partial charge in [0.25, 0.3) is 15.7 Å². The molecule has 0 heterocycles. The lowest BCUT2D eigenvalue weighted by molar-refractivity contribution is -0.387. The second-order valence-electron chi connectivity index (χ2n) is 4.38. The Labute approximate surface area is 122 Å². The first-order valence-corrected chi connectivity index (χ1v) is 7.77. The third-order valence-electron chi connectivity index (χ3n) is 2.97. The van der Waals surface area contributed by atoms with E-state index < -0.39 is 20.6 Å². The van der Waals surface area contributed by atoms with Gasteiger partial charge in [0.2, 0.25) is 0 Å². The zero-order valence-corrected chi connectivity index (χ0v) is 12.1. The van der Waals surface area contributed by atoms with Crippen LogP contribution in [-0.2, 0) is 16.4 Å². The second kappa shape index (κ2) is 5.92. The zero-order chi connectivity index (χ0) is 15.5. The number of benzene rings is 2. The lowest BCUT2D eigenvalue weighted by atomic mass is 10.2. The minimum Gasteiger partial charge on any atom is -0.279 e. The molecule has 2 aromatic rings. The highest BCUT2D eigenvalue weighted by molar-refractivity contribution is 7.92. The van der Waals surface area contributed by atoms with E-state index in [2.05, 4.69) is 4.72 Å². The van der Waals surface area contributed by atoms with Crippen LogP contribution in [0.4, 0.5) is 11.4 Å². The van der Waals surface area contributed by atoms with Gasteiger partial charge in [-0.25, -0.2) is 8.42 Å². The summed E-state index contributed by atoms with van der Waals surface area (Å²) in [6.07, 6.45) is 0.844. The molecule has 0 amide bonds. The fourth-order valence-corrected chi connectivity index (χ4v) is 3.09. The van der Waals surface area contributed by atoms with E-state index in [1.165, 1.54) is 18.2 Å². The van der Waals surface area contributed by atoms with Crippen molar-refractivity contribution in [1.29, 1.82) is 0 Å². The molecule has 0 aliphatic rings. The summed E-state index contributed by atoms with van der Waals surface area (Å²) in [7, 11) is -4.00. The van der Waals surface area contributed by atoms with Crippen LogP contribution in [0, 0.1) is 10.1 Å². The van der Waals surface area contributed by atoms with Gasteiger partial charge in [0.1, 0.15) is 0 Å². The fraction of sp³-hybridized carbons (Fsp3) is 0.143. The first-order chi connectivity index (χ1) is 9.94. The molecule has 0 saturated heterocycles. The Hall–Kier alpha value is -2.41. The summed E-state index contributed by atoms with van der Waals surface area (Å²) in [5, 5.41) is 10.9. The van der Waals surface area contributed by atoms with Crippen molar-refractivity contribution < 1.29 is 13.3 Å². The highest BCUT2D eigenvalue weighted by atomic mass is 32.2. The summed E-state index contributed by atoms with van der Waals surface area (Å²) >= 11 is 0. The summed E-state index contributed by atoms with van der Waals surface area (Å²) in [6.45, 7) is 1.99. The largest absolute Gasteiger partial charge is 0.289 e. The lowest BCUT2D eigenvalue weighted by Gasteiger charge is -2.08. The molecule has 0 spiro atoms. The Bertz CT molecular complexity index is 755. The number of aryl methyl sites for hydroxylation is 1. The number of rotatable bonds is 5. The van der Waals surface area contributed by atoms with E-state index in [1.807, 2.05) is 6.92 Å². The number of anilines is 1. The molecule has 21 heavy (non-hydrogen) atoms. The fourth-order valence-electron chi connectivity index (χ4n) is 1.85. The third-order valence-corrected chi connectivity index (χ3v) is 4.39. The summed E-state index contributed by atoms with van der Waals surface area (Å²) in [6, 6.07) is 12.1. The number of para-hydroxylation sites is 1. The van der Waals surface area contributed by atoms with E-state index in [-0.39, 0.29) is 4.90 Å². The molecule has 0 aliphatic carbocycles. The smallest absolute Gasteiger partial charge is 0.279 e. The molecule has 0 fully saturated rings. The molecule has 110 valence electrons. The highest BCUT2D eigenvalue weighted by Gasteiger charge is 2.24. The van der Waals surface area contributed by atoms with Crippen molar-refractivity contribution in [2.45, 2.75) is 18.2 Å².